The molecule has 5 heteroatoms. The molecule has 0 spiro atoms. The number of rotatable bonds is 5. The minimum Gasteiger partial charge on any atom is -0.486 e. The van der Waals surface area contributed by atoms with Crippen LogP contribution in [0.4, 0.5) is 0 Å². The first-order valence-electron chi connectivity index (χ1n) is 5.79. The minimum atomic E-state index is -0.340. The summed E-state index contributed by atoms with van der Waals surface area (Å²) in [5, 5.41) is 0. The molecular formula is C12H11NO4. The molecule has 4 rings (SSSR count). The SMILES string of the molecule is O=C1Oc2c(OCCCN3CC3)c3cc1c2o3. The van der Waals surface area contributed by atoms with Crippen molar-refractivity contribution in [2.45, 2.75) is 6.42 Å². The van der Waals surface area contributed by atoms with Gasteiger partial charge < -0.3 is 18.8 Å². The molecule has 0 radical (unpaired) electrons. The van der Waals surface area contributed by atoms with Crippen LogP contribution in [-0.4, -0.2) is 37.1 Å². The molecule has 0 amide bonds. The van der Waals surface area contributed by atoms with Crippen LogP contribution in [0.1, 0.15) is 16.8 Å². The maximum atomic E-state index is 11.4. The van der Waals surface area contributed by atoms with Crippen LogP contribution in [0.2, 0.25) is 0 Å². The molecule has 2 bridgehead atoms. The molecule has 4 heterocycles. The molecule has 2 aromatic heterocycles. The van der Waals surface area contributed by atoms with Gasteiger partial charge in [-0.1, -0.05) is 0 Å². The van der Waals surface area contributed by atoms with Crippen molar-refractivity contribution in [3.63, 3.8) is 0 Å². The number of furan rings is 2. The summed E-state index contributed by atoms with van der Waals surface area (Å²) in [6.45, 7) is 4.10. The number of ether oxygens (including phenoxy) is 2. The van der Waals surface area contributed by atoms with Gasteiger partial charge in [-0.05, 0) is 6.42 Å². The fourth-order valence-corrected chi connectivity index (χ4v) is 2.17. The second kappa shape index (κ2) is 3.13. The fraction of sp³-hybridized carbons (Fsp3) is 0.417. The number of esters is 1. The van der Waals surface area contributed by atoms with Crippen molar-refractivity contribution >= 4 is 17.1 Å². The Morgan fingerprint density at radius 2 is 2.29 bits per heavy atom. The van der Waals surface area contributed by atoms with Crippen molar-refractivity contribution in [3.8, 4) is 11.5 Å². The lowest BCUT2D eigenvalue weighted by atomic mass is 10.2. The maximum Gasteiger partial charge on any atom is 0.347 e. The third kappa shape index (κ3) is 1.32. The monoisotopic (exact) mass is 233 g/mol. The number of nitrogens with zero attached hydrogens (tertiary/aromatic N) is 1. The summed E-state index contributed by atoms with van der Waals surface area (Å²) in [6, 6.07) is 1.69. The molecule has 0 atom stereocenters. The smallest absolute Gasteiger partial charge is 0.347 e. The van der Waals surface area contributed by atoms with Crippen molar-refractivity contribution in [1.82, 2.24) is 4.90 Å². The van der Waals surface area contributed by atoms with E-state index in [1.54, 1.807) is 6.07 Å². The summed E-state index contributed by atoms with van der Waals surface area (Å²) in [4.78, 5) is 13.7. The molecule has 1 fully saturated rings. The van der Waals surface area contributed by atoms with Crippen LogP contribution in [0.3, 0.4) is 0 Å². The third-order valence-corrected chi connectivity index (χ3v) is 3.19. The minimum absolute atomic E-state index is 0.340. The van der Waals surface area contributed by atoms with Crippen LogP contribution in [0.25, 0.3) is 11.2 Å². The Morgan fingerprint density at radius 3 is 3.12 bits per heavy atom. The van der Waals surface area contributed by atoms with Gasteiger partial charge in [0.1, 0.15) is 5.56 Å². The highest BCUT2D eigenvalue weighted by atomic mass is 16.6. The van der Waals surface area contributed by atoms with E-state index in [4.69, 9.17) is 13.9 Å². The van der Waals surface area contributed by atoms with Gasteiger partial charge in [-0.25, -0.2) is 4.79 Å². The molecule has 0 aromatic carbocycles. The van der Waals surface area contributed by atoms with Crippen molar-refractivity contribution in [1.29, 1.82) is 0 Å². The molecule has 17 heavy (non-hydrogen) atoms. The first-order valence-corrected chi connectivity index (χ1v) is 5.79. The largest absolute Gasteiger partial charge is 0.486 e. The Labute approximate surface area is 97.2 Å². The predicted octanol–water partition coefficient (Wildman–Crippen LogP) is 1.49. The zero-order valence-corrected chi connectivity index (χ0v) is 9.19. The summed E-state index contributed by atoms with van der Waals surface area (Å²) in [6.07, 6.45) is 0.976. The first-order chi connectivity index (χ1) is 8.33. The van der Waals surface area contributed by atoms with Crippen LogP contribution in [0, 0.1) is 0 Å². The van der Waals surface area contributed by atoms with Crippen LogP contribution in [0.15, 0.2) is 10.5 Å². The first kappa shape index (κ1) is 9.30. The average molecular weight is 233 g/mol. The second-order valence-corrected chi connectivity index (χ2v) is 4.44. The van der Waals surface area contributed by atoms with Crippen LogP contribution < -0.4 is 9.47 Å². The molecule has 0 unspecified atom stereocenters. The Morgan fingerprint density at radius 1 is 1.41 bits per heavy atom. The van der Waals surface area contributed by atoms with E-state index in [0.29, 0.717) is 34.8 Å². The number of benzene rings is 1. The molecule has 88 valence electrons. The van der Waals surface area contributed by atoms with E-state index < -0.39 is 0 Å². The Kier molecular flexibility index (Phi) is 1.71. The van der Waals surface area contributed by atoms with Gasteiger partial charge >= 0.3 is 5.97 Å². The molecular weight excluding hydrogens is 222 g/mol. The van der Waals surface area contributed by atoms with E-state index in [9.17, 15) is 4.79 Å². The van der Waals surface area contributed by atoms with E-state index in [1.165, 1.54) is 13.1 Å². The van der Waals surface area contributed by atoms with Gasteiger partial charge in [-0.2, -0.15) is 0 Å². The predicted molar refractivity (Wildman–Crippen MR) is 58.9 cm³/mol. The summed E-state index contributed by atoms with van der Waals surface area (Å²) in [5.41, 5.74) is 1.67. The van der Waals surface area contributed by atoms with Gasteiger partial charge in [0.05, 0.1) is 6.61 Å². The van der Waals surface area contributed by atoms with E-state index in [2.05, 4.69) is 4.90 Å². The summed E-state index contributed by atoms with van der Waals surface area (Å²) >= 11 is 0. The van der Waals surface area contributed by atoms with Gasteiger partial charge in [0, 0.05) is 25.7 Å². The van der Waals surface area contributed by atoms with Gasteiger partial charge in [0.15, 0.2) is 11.2 Å². The van der Waals surface area contributed by atoms with Crippen molar-refractivity contribution in [2.24, 2.45) is 0 Å². The fourth-order valence-electron chi connectivity index (χ4n) is 2.17. The van der Waals surface area contributed by atoms with Gasteiger partial charge in [-0.3, -0.25) is 0 Å². The highest BCUT2D eigenvalue weighted by Crippen LogP contribution is 2.48. The lowest BCUT2D eigenvalue weighted by Gasteiger charge is -2.05. The van der Waals surface area contributed by atoms with E-state index >= 15 is 0 Å². The van der Waals surface area contributed by atoms with Crippen molar-refractivity contribution in [2.75, 3.05) is 26.2 Å². The molecule has 0 saturated carbocycles. The lowest BCUT2D eigenvalue weighted by molar-refractivity contribution is 0.0750. The normalized spacial score (nSPS) is 18.0. The Bertz CT molecular complexity index is 584. The van der Waals surface area contributed by atoms with Crippen molar-refractivity contribution in [3.05, 3.63) is 11.6 Å². The van der Waals surface area contributed by atoms with Crippen LogP contribution >= 0.6 is 0 Å². The topological polar surface area (TPSA) is 51.7 Å². The zero-order valence-electron chi connectivity index (χ0n) is 9.19. The zero-order chi connectivity index (χ0) is 11.4. The number of carbonyl (C=O) groups is 1. The molecule has 2 aromatic rings. The average Bonchev–Trinajstić information content (AvgIpc) is 2.88. The van der Waals surface area contributed by atoms with Gasteiger partial charge in [0.25, 0.3) is 0 Å². The summed E-state index contributed by atoms with van der Waals surface area (Å²) in [7, 11) is 0. The summed E-state index contributed by atoms with van der Waals surface area (Å²) in [5.74, 6) is 0.710. The highest BCUT2D eigenvalue weighted by Gasteiger charge is 2.35. The second-order valence-electron chi connectivity index (χ2n) is 4.44. The third-order valence-electron chi connectivity index (χ3n) is 3.19. The number of carbonyl (C=O) groups excluding carboxylic acids is 1. The van der Waals surface area contributed by atoms with Crippen LogP contribution in [0.5, 0.6) is 11.5 Å². The quantitative estimate of drug-likeness (QED) is 0.445. The Hall–Kier alpha value is -1.75. The lowest BCUT2D eigenvalue weighted by Crippen LogP contribution is -2.06. The number of hydrogen-bond donors (Lipinski definition) is 0. The Balaban J connectivity index is 1.47. The number of fused-ring (bicyclic) bond motifs is 1. The van der Waals surface area contributed by atoms with Crippen LogP contribution in [-0.2, 0) is 0 Å². The number of hydrogen-bond acceptors (Lipinski definition) is 5. The molecule has 2 aliphatic rings. The van der Waals surface area contributed by atoms with Gasteiger partial charge in [0.2, 0.25) is 11.5 Å². The summed E-state index contributed by atoms with van der Waals surface area (Å²) < 4.78 is 16.2. The molecule has 1 saturated heterocycles. The van der Waals surface area contributed by atoms with Gasteiger partial charge in [-0.15, -0.1) is 0 Å². The van der Waals surface area contributed by atoms with E-state index in [-0.39, 0.29) is 5.97 Å². The highest BCUT2D eigenvalue weighted by molar-refractivity contribution is 6.10. The standard InChI is InChI=1S/C12H11NO4/c14-12-7-6-8-10(11(17-12)9(7)16-8)15-5-1-2-13-3-4-13/h6H,1-5H2. The van der Waals surface area contributed by atoms with E-state index in [1.807, 2.05) is 0 Å². The molecule has 2 aliphatic heterocycles. The molecule has 0 N–H and O–H groups in total. The molecule has 5 nitrogen and oxygen atoms in total. The maximum absolute atomic E-state index is 11.4. The van der Waals surface area contributed by atoms with Crippen molar-refractivity contribution < 1.29 is 18.7 Å². The molecule has 0 aliphatic carbocycles. The van der Waals surface area contributed by atoms with E-state index in [0.717, 1.165) is 13.0 Å².